The molecule has 1 atom stereocenters. The zero-order valence-corrected chi connectivity index (χ0v) is 14.3. The fourth-order valence-electron chi connectivity index (χ4n) is 3.19. The van der Waals surface area contributed by atoms with Gasteiger partial charge in [0.05, 0.1) is 18.9 Å². The molecule has 1 aromatic heterocycles. The SMILES string of the molecule is COc1ccc(C(=O)O)cc1CC1CCN(C(=O)c2c[nH]c(=O)cn2)C1. The van der Waals surface area contributed by atoms with Crippen molar-refractivity contribution in [2.24, 2.45) is 5.92 Å². The molecule has 0 aliphatic carbocycles. The van der Waals surface area contributed by atoms with Crippen LogP contribution in [0.15, 0.2) is 35.4 Å². The summed E-state index contributed by atoms with van der Waals surface area (Å²) in [5.41, 5.74) is 0.875. The molecule has 2 heterocycles. The Labute approximate surface area is 149 Å². The summed E-state index contributed by atoms with van der Waals surface area (Å²) in [6, 6.07) is 4.78. The minimum Gasteiger partial charge on any atom is -0.496 e. The minimum atomic E-state index is -0.985. The number of benzene rings is 1. The number of carboxylic acids is 1. The molecule has 0 saturated carbocycles. The third-order valence-corrected chi connectivity index (χ3v) is 4.50. The molecule has 0 radical (unpaired) electrons. The van der Waals surface area contributed by atoms with Crippen molar-refractivity contribution in [3.05, 3.63) is 57.8 Å². The largest absolute Gasteiger partial charge is 0.496 e. The molecule has 0 bridgehead atoms. The van der Waals surface area contributed by atoms with Gasteiger partial charge in [0.1, 0.15) is 11.4 Å². The molecule has 1 aromatic carbocycles. The van der Waals surface area contributed by atoms with Crippen molar-refractivity contribution in [2.75, 3.05) is 20.2 Å². The van der Waals surface area contributed by atoms with E-state index in [4.69, 9.17) is 9.84 Å². The summed E-state index contributed by atoms with van der Waals surface area (Å²) >= 11 is 0. The van der Waals surface area contributed by atoms with Crippen molar-refractivity contribution >= 4 is 11.9 Å². The molecule has 136 valence electrons. The van der Waals surface area contributed by atoms with Gasteiger partial charge < -0.3 is 19.7 Å². The van der Waals surface area contributed by atoms with Gasteiger partial charge in [0.2, 0.25) is 0 Å². The van der Waals surface area contributed by atoms with Crippen LogP contribution in [-0.4, -0.2) is 52.1 Å². The van der Waals surface area contributed by atoms with Crippen LogP contribution >= 0.6 is 0 Å². The standard InChI is InChI=1S/C18H19N3O5/c1-26-15-3-2-12(18(24)25)7-13(15)6-11-4-5-21(10-11)17(23)14-8-20-16(22)9-19-14/h2-3,7-9,11H,4-6,10H2,1H3,(H,20,22)(H,24,25). The summed E-state index contributed by atoms with van der Waals surface area (Å²) in [6.07, 6.45) is 3.82. The number of nitrogens with one attached hydrogen (secondary N) is 1. The summed E-state index contributed by atoms with van der Waals surface area (Å²) in [6.45, 7) is 1.13. The number of H-pyrrole nitrogens is 1. The number of aromatic nitrogens is 2. The molecule has 0 spiro atoms. The van der Waals surface area contributed by atoms with E-state index >= 15 is 0 Å². The Morgan fingerprint density at radius 3 is 2.88 bits per heavy atom. The maximum Gasteiger partial charge on any atom is 0.335 e. The first-order chi connectivity index (χ1) is 12.5. The number of aromatic amines is 1. The molecule has 2 N–H and O–H groups in total. The van der Waals surface area contributed by atoms with Gasteiger partial charge in [-0.25, -0.2) is 9.78 Å². The van der Waals surface area contributed by atoms with Crippen molar-refractivity contribution in [3.8, 4) is 5.75 Å². The van der Waals surface area contributed by atoms with Crippen molar-refractivity contribution in [1.82, 2.24) is 14.9 Å². The fourth-order valence-corrected chi connectivity index (χ4v) is 3.19. The van der Waals surface area contributed by atoms with Gasteiger partial charge in [0, 0.05) is 19.3 Å². The molecule has 1 aliphatic heterocycles. The quantitative estimate of drug-likeness (QED) is 0.831. The molecule has 1 saturated heterocycles. The second kappa shape index (κ2) is 7.38. The molecule has 1 fully saturated rings. The van der Waals surface area contributed by atoms with Crippen molar-refractivity contribution in [3.63, 3.8) is 0 Å². The summed E-state index contributed by atoms with van der Waals surface area (Å²) in [5.74, 6) is -0.377. The molecule has 1 unspecified atom stereocenters. The highest BCUT2D eigenvalue weighted by Gasteiger charge is 2.28. The molecule has 26 heavy (non-hydrogen) atoms. The van der Waals surface area contributed by atoms with Crippen LogP contribution in [0.25, 0.3) is 0 Å². The lowest BCUT2D eigenvalue weighted by molar-refractivity contribution is 0.0696. The number of ether oxygens (including phenoxy) is 1. The van der Waals surface area contributed by atoms with Crippen LogP contribution < -0.4 is 10.3 Å². The smallest absolute Gasteiger partial charge is 0.335 e. The Kier molecular flexibility index (Phi) is 5.01. The molecule has 2 aromatic rings. The molecule has 1 amide bonds. The predicted molar refractivity (Wildman–Crippen MR) is 92.5 cm³/mol. The first kappa shape index (κ1) is 17.7. The van der Waals surface area contributed by atoms with Crippen LogP contribution in [0, 0.1) is 5.92 Å². The molecule has 8 nitrogen and oxygen atoms in total. The molecular formula is C18H19N3O5. The van der Waals surface area contributed by atoms with E-state index in [9.17, 15) is 14.4 Å². The zero-order valence-electron chi connectivity index (χ0n) is 14.3. The number of hydrogen-bond acceptors (Lipinski definition) is 5. The molecule has 8 heteroatoms. The highest BCUT2D eigenvalue weighted by molar-refractivity contribution is 5.92. The van der Waals surface area contributed by atoms with Crippen LogP contribution in [0.1, 0.15) is 32.8 Å². The number of methoxy groups -OCH3 is 1. The van der Waals surface area contributed by atoms with Gasteiger partial charge in [0.15, 0.2) is 0 Å². The van der Waals surface area contributed by atoms with Crippen LogP contribution in [0.3, 0.4) is 0 Å². The highest BCUT2D eigenvalue weighted by Crippen LogP contribution is 2.27. The average molecular weight is 357 g/mol. The Hall–Kier alpha value is -3.16. The topological polar surface area (TPSA) is 113 Å². The van der Waals surface area contributed by atoms with Gasteiger partial charge in [-0.2, -0.15) is 0 Å². The molecule has 3 rings (SSSR count). The van der Waals surface area contributed by atoms with E-state index in [1.54, 1.807) is 24.1 Å². The van der Waals surface area contributed by atoms with E-state index in [1.807, 2.05) is 0 Å². The van der Waals surface area contributed by atoms with Gasteiger partial charge in [-0.05, 0) is 42.5 Å². The van der Waals surface area contributed by atoms with Crippen LogP contribution in [0.5, 0.6) is 5.75 Å². The third kappa shape index (κ3) is 3.74. The highest BCUT2D eigenvalue weighted by atomic mass is 16.5. The van der Waals surface area contributed by atoms with Crippen LogP contribution in [-0.2, 0) is 6.42 Å². The van der Waals surface area contributed by atoms with E-state index < -0.39 is 5.97 Å². The maximum atomic E-state index is 12.5. The number of likely N-dealkylation sites (tertiary alicyclic amines) is 1. The first-order valence-corrected chi connectivity index (χ1v) is 8.22. The number of nitrogens with zero attached hydrogens (tertiary/aromatic N) is 2. The molecule has 1 aliphatic rings. The first-order valence-electron chi connectivity index (χ1n) is 8.22. The van der Waals surface area contributed by atoms with E-state index in [0.29, 0.717) is 25.3 Å². The van der Waals surface area contributed by atoms with E-state index in [-0.39, 0.29) is 28.6 Å². The maximum absolute atomic E-state index is 12.5. The van der Waals surface area contributed by atoms with Gasteiger partial charge in [-0.1, -0.05) is 0 Å². The lowest BCUT2D eigenvalue weighted by Crippen LogP contribution is -2.30. The number of carbonyl (C=O) groups excluding carboxylic acids is 1. The van der Waals surface area contributed by atoms with Crippen molar-refractivity contribution < 1.29 is 19.4 Å². The zero-order chi connectivity index (χ0) is 18.7. The number of rotatable bonds is 5. The number of aromatic carboxylic acids is 1. The van der Waals surface area contributed by atoms with Crippen molar-refractivity contribution in [2.45, 2.75) is 12.8 Å². The van der Waals surface area contributed by atoms with E-state index in [2.05, 4.69) is 9.97 Å². The number of carbonyl (C=O) groups is 2. The van der Waals surface area contributed by atoms with Gasteiger partial charge in [-0.15, -0.1) is 0 Å². The number of hydrogen-bond donors (Lipinski definition) is 2. The van der Waals surface area contributed by atoms with Crippen molar-refractivity contribution in [1.29, 1.82) is 0 Å². The summed E-state index contributed by atoms with van der Waals surface area (Å²) < 4.78 is 5.33. The van der Waals surface area contributed by atoms with Gasteiger partial charge in [0.25, 0.3) is 11.5 Å². The summed E-state index contributed by atoms with van der Waals surface area (Å²) in [4.78, 5) is 42.7. The summed E-state index contributed by atoms with van der Waals surface area (Å²) in [5, 5.41) is 9.17. The number of amides is 1. The Morgan fingerprint density at radius 2 is 2.23 bits per heavy atom. The summed E-state index contributed by atoms with van der Waals surface area (Å²) in [7, 11) is 1.55. The van der Waals surface area contributed by atoms with Crippen LogP contribution in [0.4, 0.5) is 0 Å². The monoisotopic (exact) mass is 357 g/mol. The van der Waals surface area contributed by atoms with E-state index in [0.717, 1.165) is 18.2 Å². The lowest BCUT2D eigenvalue weighted by Gasteiger charge is -2.17. The second-order valence-electron chi connectivity index (χ2n) is 6.24. The fraction of sp³-hybridized carbons (Fsp3) is 0.333. The predicted octanol–water partition coefficient (Wildman–Crippen LogP) is 1.18. The third-order valence-electron chi connectivity index (χ3n) is 4.50. The normalized spacial score (nSPS) is 16.5. The number of carboxylic acid groups (broad SMARTS) is 1. The minimum absolute atomic E-state index is 0.194. The Bertz CT molecular complexity index is 872. The lowest BCUT2D eigenvalue weighted by atomic mass is 9.96. The average Bonchev–Trinajstić information content (AvgIpc) is 3.10. The molecular weight excluding hydrogens is 338 g/mol. The van der Waals surface area contributed by atoms with Gasteiger partial charge in [-0.3, -0.25) is 9.59 Å². The second-order valence-corrected chi connectivity index (χ2v) is 6.24. The van der Waals surface area contributed by atoms with E-state index in [1.165, 1.54) is 12.3 Å². The van der Waals surface area contributed by atoms with Gasteiger partial charge >= 0.3 is 5.97 Å². The Balaban J connectivity index is 1.70. The Morgan fingerprint density at radius 1 is 1.42 bits per heavy atom. The van der Waals surface area contributed by atoms with Crippen LogP contribution in [0.2, 0.25) is 0 Å².